The smallest absolute Gasteiger partial charge is 0.311 e. The molecule has 0 aliphatic heterocycles. The van der Waals surface area contributed by atoms with E-state index in [1.54, 1.807) is 34.6 Å². The molecular formula is C12H19N3O3S. The van der Waals surface area contributed by atoms with Gasteiger partial charge in [-0.1, -0.05) is 11.3 Å². The Morgan fingerprint density at radius 2 is 1.84 bits per heavy atom. The highest BCUT2D eigenvalue weighted by molar-refractivity contribution is 7.17. The van der Waals surface area contributed by atoms with Crippen LogP contribution in [-0.2, 0) is 4.79 Å². The largest absolute Gasteiger partial charge is 0.481 e. The number of hydrogen-bond donors (Lipinski definition) is 3. The van der Waals surface area contributed by atoms with Crippen molar-refractivity contribution < 1.29 is 14.7 Å². The summed E-state index contributed by atoms with van der Waals surface area (Å²) in [5.41, 5.74) is 4.07. The minimum Gasteiger partial charge on any atom is -0.481 e. The van der Waals surface area contributed by atoms with Gasteiger partial charge in [0.05, 0.1) is 16.6 Å². The highest BCUT2D eigenvalue weighted by atomic mass is 32.1. The number of thiazole rings is 1. The number of aromatic nitrogens is 1. The topological polar surface area (TPSA) is 105 Å². The zero-order chi connectivity index (χ0) is 15.0. The summed E-state index contributed by atoms with van der Waals surface area (Å²) in [6, 6.07) is 0. The van der Waals surface area contributed by atoms with Crippen LogP contribution in [0.4, 0.5) is 5.13 Å². The molecular weight excluding hydrogens is 266 g/mol. The molecule has 0 aliphatic rings. The first-order chi connectivity index (χ1) is 8.49. The molecule has 0 bridgehead atoms. The standard InChI is InChI=1S/C12H19N3O3S/c1-6-7(19-10(13)14-6)8(16)15-12(4,5)11(2,3)9(17)18/h1-5H3,(H2,13,14)(H,15,16)(H,17,18). The normalized spacial score (nSPS) is 12.3. The fourth-order valence-electron chi connectivity index (χ4n) is 1.39. The number of nitrogens with one attached hydrogen (secondary N) is 1. The van der Waals surface area contributed by atoms with Crippen molar-refractivity contribution >= 4 is 28.3 Å². The first-order valence-corrected chi connectivity index (χ1v) is 6.59. The van der Waals surface area contributed by atoms with Crippen molar-refractivity contribution in [3.05, 3.63) is 10.6 Å². The number of nitrogen functional groups attached to an aromatic ring is 1. The predicted molar refractivity (Wildman–Crippen MR) is 74.2 cm³/mol. The van der Waals surface area contributed by atoms with Gasteiger partial charge in [-0.05, 0) is 34.6 Å². The van der Waals surface area contributed by atoms with Crippen LogP contribution >= 0.6 is 11.3 Å². The number of aliphatic carboxylic acids is 1. The minimum atomic E-state index is -1.10. The van der Waals surface area contributed by atoms with E-state index in [1.807, 2.05) is 0 Å². The second-order valence-electron chi connectivity index (χ2n) is 5.48. The molecule has 0 fully saturated rings. The molecule has 0 aliphatic carbocycles. The fourth-order valence-corrected chi connectivity index (χ4v) is 2.12. The molecule has 0 atom stereocenters. The van der Waals surface area contributed by atoms with E-state index in [0.717, 1.165) is 11.3 Å². The molecule has 6 nitrogen and oxygen atoms in total. The van der Waals surface area contributed by atoms with Crippen LogP contribution in [0.1, 0.15) is 43.1 Å². The molecule has 1 aromatic heterocycles. The number of carbonyl (C=O) groups is 2. The van der Waals surface area contributed by atoms with E-state index < -0.39 is 16.9 Å². The molecule has 106 valence electrons. The molecule has 7 heteroatoms. The first kappa shape index (κ1) is 15.4. The van der Waals surface area contributed by atoms with E-state index >= 15 is 0 Å². The van der Waals surface area contributed by atoms with E-state index in [2.05, 4.69) is 10.3 Å². The lowest BCUT2D eigenvalue weighted by molar-refractivity contribution is -0.150. The second-order valence-corrected chi connectivity index (χ2v) is 6.51. The van der Waals surface area contributed by atoms with Crippen LogP contribution in [0, 0.1) is 12.3 Å². The molecule has 1 aromatic rings. The molecule has 19 heavy (non-hydrogen) atoms. The first-order valence-electron chi connectivity index (χ1n) is 5.78. The Balaban J connectivity index is 2.99. The van der Waals surface area contributed by atoms with Crippen LogP contribution in [0.3, 0.4) is 0 Å². The van der Waals surface area contributed by atoms with Crippen molar-refractivity contribution in [3.8, 4) is 0 Å². The van der Waals surface area contributed by atoms with Crippen LogP contribution in [0.5, 0.6) is 0 Å². The van der Waals surface area contributed by atoms with Gasteiger partial charge in [-0.25, -0.2) is 4.98 Å². The third-order valence-electron chi connectivity index (χ3n) is 3.54. The third kappa shape index (κ3) is 2.86. The van der Waals surface area contributed by atoms with Crippen molar-refractivity contribution in [2.24, 2.45) is 5.41 Å². The lowest BCUT2D eigenvalue weighted by Gasteiger charge is -2.38. The molecule has 0 saturated carbocycles. The quantitative estimate of drug-likeness (QED) is 0.780. The number of amides is 1. The summed E-state index contributed by atoms with van der Waals surface area (Å²) in [7, 11) is 0. The maximum atomic E-state index is 12.2. The summed E-state index contributed by atoms with van der Waals surface area (Å²) in [6.07, 6.45) is 0. The van der Waals surface area contributed by atoms with Crippen molar-refractivity contribution in [1.82, 2.24) is 10.3 Å². The number of rotatable bonds is 4. The van der Waals surface area contributed by atoms with Gasteiger partial charge >= 0.3 is 5.97 Å². The summed E-state index contributed by atoms with van der Waals surface area (Å²) in [4.78, 5) is 27.8. The molecule has 0 unspecified atom stereocenters. The fraction of sp³-hybridized carbons (Fsp3) is 0.583. The number of carbonyl (C=O) groups excluding carboxylic acids is 1. The van der Waals surface area contributed by atoms with Gasteiger partial charge in [-0.3, -0.25) is 9.59 Å². The van der Waals surface area contributed by atoms with Crippen LogP contribution < -0.4 is 11.1 Å². The number of carboxylic acids is 1. The average molecular weight is 285 g/mol. The highest BCUT2D eigenvalue weighted by Crippen LogP contribution is 2.31. The van der Waals surface area contributed by atoms with Gasteiger partial charge in [-0.2, -0.15) is 0 Å². The SMILES string of the molecule is Cc1nc(N)sc1C(=O)NC(C)(C)C(C)(C)C(=O)O. The monoisotopic (exact) mass is 285 g/mol. The Hall–Kier alpha value is -1.63. The summed E-state index contributed by atoms with van der Waals surface area (Å²) >= 11 is 1.09. The molecule has 1 heterocycles. The summed E-state index contributed by atoms with van der Waals surface area (Å²) in [6.45, 7) is 8.20. The molecule has 4 N–H and O–H groups in total. The summed E-state index contributed by atoms with van der Waals surface area (Å²) in [5, 5.41) is 12.3. The molecule has 0 radical (unpaired) electrons. The predicted octanol–water partition coefficient (Wildman–Crippen LogP) is 1.65. The molecule has 0 saturated heterocycles. The summed E-state index contributed by atoms with van der Waals surface area (Å²) < 4.78 is 0. The van der Waals surface area contributed by atoms with Gasteiger partial charge < -0.3 is 16.2 Å². The van der Waals surface area contributed by atoms with E-state index in [4.69, 9.17) is 5.73 Å². The second kappa shape index (κ2) is 4.80. The maximum absolute atomic E-state index is 12.2. The third-order valence-corrected chi connectivity index (χ3v) is 4.53. The van der Waals surface area contributed by atoms with Crippen molar-refractivity contribution in [2.75, 3.05) is 5.73 Å². The molecule has 0 aromatic carbocycles. The Morgan fingerprint density at radius 3 is 2.21 bits per heavy atom. The summed E-state index contributed by atoms with van der Waals surface area (Å²) in [5.74, 6) is -1.33. The van der Waals surface area contributed by atoms with E-state index in [0.29, 0.717) is 15.7 Å². The van der Waals surface area contributed by atoms with Crippen LogP contribution in [0.25, 0.3) is 0 Å². The van der Waals surface area contributed by atoms with Gasteiger partial charge in [0.25, 0.3) is 5.91 Å². The Morgan fingerprint density at radius 1 is 1.32 bits per heavy atom. The van der Waals surface area contributed by atoms with E-state index in [1.165, 1.54) is 0 Å². The molecule has 1 rings (SSSR count). The zero-order valence-electron chi connectivity index (χ0n) is 11.7. The maximum Gasteiger partial charge on any atom is 0.311 e. The number of aryl methyl sites for hydroxylation is 1. The van der Waals surface area contributed by atoms with E-state index in [9.17, 15) is 14.7 Å². The number of hydrogen-bond acceptors (Lipinski definition) is 5. The average Bonchev–Trinajstić information content (AvgIpc) is 2.56. The molecule has 1 amide bonds. The number of nitrogens with two attached hydrogens (primary N) is 1. The van der Waals surface area contributed by atoms with Gasteiger partial charge in [-0.15, -0.1) is 0 Å². The number of anilines is 1. The number of carboxylic acid groups (broad SMARTS) is 1. The highest BCUT2D eigenvalue weighted by Gasteiger charge is 2.44. The van der Waals surface area contributed by atoms with Gasteiger partial charge in [0.1, 0.15) is 4.88 Å². The van der Waals surface area contributed by atoms with Gasteiger partial charge in [0, 0.05) is 0 Å². The van der Waals surface area contributed by atoms with Crippen molar-refractivity contribution in [2.45, 2.75) is 40.2 Å². The van der Waals surface area contributed by atoms with E-state index in [-0.39, 0.29) is 5.91 Å². The zero-order valence-corrected chi connectivity index (χ0v) is 12.5. The minimum absolute atomic E-state index is 0.318. The van der Waals surface area contributed by atoms with Crippen LogP contribution in [0.2, 0.25) is 0 Å². The van der Waals surface area contributed by atoms with Gasteiger partial charge in [0.15, 0.2) is 5.13 Å². The van der Waals surface area contributed by atoms with Crippen molar-refractivity contribution in [1.29, 1.82) is 0 Å². The Bertz CT molecular complexity index is 520. The Kier molecular flexibility index (Phi) is 3.90. The van der Waals surface area contributed by atoms with Crippen LogP contribution in [-0.4, -0.2) is 27.5 Å². The lowest BCUT2D eigenvalue weighted by Crippen LogP contribution is -2.56. The number of nitrogens with zero attached hydrogens (tertiary/aromatic N) is 1. The Labute approximate surface area is 116 Å². The van der Waals surface area contributed by atoms with Gasteiger partial charge in [0.2, 0.25) is 0 Å². The van der Waals surface area contributed by atoms with Crippen molar-refractivity contribution in [3.63, 3.8) is 0 Å². The van der Waals surface area contributed by atoms with Crippen LogP contribution in [0.15, 0.2) is 0 Å². The molecule has 0 spiro atoms. The lowest BCUT2D eigenvalue weighted by atomic mass is 9.74.